The average Bonchev–Trinajstić information content (AvgIpc) is 3.21. The number of hydrogen-bond donors (Lipinski definition) is 4. The summed E-state index contributed by atoms with van der Waals surface area (Å²) in [6, 6.07) is 8.70. The summed E-state index contributed by atoms with van der Waals surface area (Å²) in [6.45, 7) is 3.19. The number of aliphatic hydroxyl groups is 2. The second-order valence-electron chi connectivity index (χ2n) is 6.16. The summed E-state index contributed by atoms with van der Waals surface area (Å²) in [5, 5.41) is 37.1. The van der Waals surface area contributed by atoms with Gasteiger partial charge in [0.2, 0.25) is 0 Å². The fourth-order valence-corrected chi connectivity index (χ4v) is 3.46. The molecule has 2 aromatic rings. The van der Waals surface area contributed by atoms with Crippen LogP contribution in [-0.2, 0) is 20.7 Å². The van der Waals surface area contributed by atoms with Crippen molar-refractivity contribution >= 4 is 33.4 Å². The number of β-amino-alcohol motifs (C(OH)–C–C–N with tert-alkyl or cyclic N) is 2. The lowest BCUT2D eigenvalue weighted by Gasteiger charge is -2.14. The van der Waals surface area contributed by atoms with Gasteiger partial charge < -0.3 is 25.2 Å². The van der Waals surface area contributed by atoms with Crippen LogP contribution in [0.5, 0.6) is 0 Å². The first-order chi connectivity index (χ1) is 12.9. The van der Waals surface area contributed by atoms with E-state index >= 15 is 0 Å². The maximum Gasteiger partial charge on any atom is 0.414 e. The van der Waals surface area contributed by atoms with Gasteiger partial charge >= 0.3 is 11.9 Å². The van der Waals surface area contributed by atoms with E-state index in [1.165, 1.54) is 15.6 Å². The van der Waals surface area contributed by atoms with E-state index in [-0.39, 0.29) is 0 Å². The molecule has 3 rings (SSSR count). The molecule has 1 fully saturated rings. The van der Waals surface area contributed by atoms with Crippen molar-refractivity contribution in [1.82, 2.24) is 4.90 Å². The van der Waals surface area contributed by atoms with Gasteiger partial charge in [0.25, 0.3) is 0 Å². The van der Waals surface area contributed by atoms with E-state index in [9.17, 15) is 10.2 Å². The zero-order valence-electron chi connectivity index (χ0n) is 14.7. The molecule has 1 aromatic heterocycles. The Hall–Kier alpha value is -2.04. The van der Waals surface area contributed by atoms with Crippen LogP contribution in [0, 0.1) is 0 Å². The van der Waals surface area contributed by atoms with Crippen LogP contribution >= 0.6 is 11.3 Å². The average molecular weight is 397 g/mol. The summed E-state index contributed by atoms with van der Waals surface area (Å²) >= 11 is 1.76. The van der Waals surface area contributed by atoms with E-state index < -0.39 is 24.1 Å². The minimum absolute atomic E-state index is 0.541. The Morgan fingerprint density at radius 2 is 1.74 bits per heavy atom. The van der Waals surface area contributed by atoms with Crippen molar-refractivity contribution in [2.75, 3.05) is 32.8 Å². The monoisotopic (exact) mass is 397 g/mol. The minimum Gasteiger partial charge on any atom is -0.473 e. The lowest BCUT2D eigenvalue weighted by Crippen LogP contribution is -2.26. The molecular weight excluding hydrogens is 374 g/mol. The van der Waals surface area contributed by atoms with Gasteiger partial charge in [0.05, 0.1) is 25.4 Å². The van der Waals surface area contributed by atoms with Crippen molar-refractivity contribution < 1.29 is 34.8 Å². The number of thiophene rings is 1. The summed E-state index contributed by atoms with van der Waals surface area (Å²) < 4.78 is 6.99. The van der Waals surface area contributed by atoms with Crippen molar-refractivity contribution in [3.8, 4) is 0 Å². The smallest absolute Gasteiger partial charge is 0.414 e. The third kappa shape index (κ3) is 6.89. The number of benzene rings is 1. The molecule has 2 heterocycles. The maximum atomic E-state index is 9.46. The Morgan fingerprint density at radius 3 is 2.37 bits per heavy atom. The molecule has 0 amide bonds. The largest absolute Gasteiger partial charge is 0.473 e. The van der Waals surface area contributed by atoms with Crippen molar-refractivity contribution in [1.29, 1.82) is 0 Å². The SMILES string of the molecule is O=C(O)C(=O)O.OC1CN(CCOCCc2ccc3sccc3c2)CC1O. The highest BCUT2D eigenvalue weighted by Crippen LogP contribution is 2.21. The fourth-order valence-electron chi connectivity index (χ4n) is 2.69. The van der Waals surface area contributed by atoms with E-state index in [0.29, 0.717) is 26.3 Å². The third-order valence-electron chi connectivity index (χ3n) is 4.12. The van der Waals surface area contributed by atoms with E-state index in [2.05, 4.69) is 29.6 Å². The van der Waals surface area contributed by atoms with Crippen LogP contribution < -0.4 is 0 Å². The summed E-state index contributed by atoms with van der Waals surface area (Å²) in [7, 11) is 0. The van der Waals surface area contributed by atoms with Gasteiger partial charge in [-0.2, -0.15) is 0 Å². The lowest BCUT2D eigenvalue weighted by molar-refractivity contribution is -0.159. The molecule has 148 valence electrons. The van der Waals surface area contributed by atoms with E-state index in [0.717, 1.165) is 13.0 Å². The number of aliphatic carboxylic acids is 2. The molecule has 2 unspecified atom stereocenters. The number of ether oxygens (including phenoxy) is 1. The van der Waals surface area contributed by atoms with Crippen LogP contribution in [-0.4, -0.2) is 82.3 Å². The van der Waals surface area contributed by atoms with Gasteiger partial charge in [-0.15, -0.1) is 11.3 Å². The van der Waals surface area contributed by atoms with E-state index in [1.807, 2.05) is 4.90 Å². The number of carbonyl (C=O) groups is 2. The first-order valence-electron chi connectivity index (χ1n) is 8.45. The number of aliphatic hydroxyl groups excluding tert-OH is 2. The van der Waals surface area contributed by atoms with Gasteiger partial charge in [0.15, 0.2) is 0 Å². The fraction of sp³-hybridized carbons (Fsp3) is 0.444. The molecule has 0 bridgehead atoms. The van der Waals surface area contributed by atoms with Gasteiger partial charge in [-0.1, -0.05) is 12.1 Å². The molecule has 1 aliphatic rings. The molecule has 27 heavy (non-hydrogen) atoms. The van der Waals surface area contributed by atoms with Crippen LogP contribution in [0.4, 0.5) is 0 Å². The summed E-state index contributed by atoms with van der Waals surface area (Å²) in [6.07, 6.45) is -0.304. The van der Waals surface area contributed by atoms with Crippen LogP contribution in [0.2, 0.25) is 0 Å². The van der Waals surface area contributed by atoms with Crippen molar-refractivity contribution in [2.24, 2.45) is 0 Å². The van der Waals surface area contributed by atoms with Crippen molar-refractivity contribution in [2.45, 2.75) is 18.6 Å². The van der Waals surface area contributed by atoms with Gasteiger partial charge in [0, 0.05) is 24.3 Å². The number of hydrogen-bond acceptors (Lipinski definition) is 7. The molecule has 1 aliphatic heterocycles. The Bertz CT molecular complexity index is 741. The predicted octanol–water partition coefficient (Wildman–Crippen LogP) is 0.653. The first-order valence-corrected chi connectivity index (χ1v) is 9.33. The van der Waals surface area contributed by atoms with Gasteiger partial charge in [-0.25, -0.2) is 9.59 Å². The topological polar surface area (TPSA) is 128 Å². The maximum absolute atomic E-state index is 9.46. The molecule has 1 saturated heterocycles. The number of carboxylic acid groups (broad SMARTS) is 2. The number of likely N-dealkylation sites (tertiary alicyclic amines) is 1. The minimum atomic E-state index is -1.82. The molecule has 9 heteroatoms. The summed E-state index contributed by atoms with van der Waals surface area (Å²) in [5.74, 6) is -3.65. The van der Waals surface area contributed by atoms with Gasteiger partial charge in [-0.3, -0.25) is 4.90 Å². The molecule has 1 aromatic carbocycles. The van der Waals surface area contributed by atoms with Crippen molar-refractivity contribution in [3.05, 3.63) is 35.2 Å². The Labute approximate surface area is 160 Å². The summed E-state index contributed by atoms with van der Waals surface area (Å²) in [4.78, 5) is 20.2. The van der Waals surface area contributed by atoms with Crippen LogP contribution in [0.1, 0.15) is 5.56 Å². The number of rotatable bonds is 6. The Morgan fingerprint density at radius 1 is 1.07 bits per heavy atom. The zero-order valence-corrected chi connectivity index (χ0v) is 15.5. The lowest BCUT2D eigenvalue weighted by atomic mass is 10.1. The van der Waals surface area contributed by atoms with Gasteiger partial charge in [0.1, 0.15) is 0 Å². The molecule has 4 N–H and O–H groups in total. The van der Waals surface area contributed by atoms with E-state index in [4.69, 9.17) is 24.5 Å². The van der Waals surface area contributed by atoms with Crippen LogP contribution in [0.25, 0.3) is 10.1 Å². The van der Waals surface area contributed by atoms with Gasteiger partial charge in [-0.05, 0) is 34.9 Å². The first kappa shape index (κ1) is 21.3. The number of nitrogens with zero attached hydrogens (tertiary/aromatic N) is 1. The molecule has 0 aliphatic carbocycles. The molecule has 8 nitrogen and oxygen atoms in total. The standard InChI is InChI=1S/C16H21NO3S.C2H2O4/c18-14-10-17(11-15(14)19)5-7-20-6-3-12-1-2-16-13(9-12)4-8-21-16;3-1(4)2(5)6/h1-2,4,8-9,14-15,18-19H,3,5-7,10-11H2;(H,3,4)(H,5,6). The highest BCUT2D eigenvalue weighted by Gasteiger charge is 2.28. The van der Waals surface area contributed by atoms with Crippen LogP contribution in [0.3, 0.4) is 0 Å². The number of fused-ring (bicyclic) bond motifs is 1. The highest BCUT2D eigenvalue weighted by molar-refractivity contribution is 7.17. The molecule has 0 radical (unpaired) electrons. The Kier molecular flexibility index (Phi) is 8.14. The normalized spacial score (nSPS) is 19.6. The third-order valence-corrected chi connectivity index (χ3v) is 5.02. The molecule has 0 spiro atoms. The summed E-state index contributed by atoms with van der Waals surface area (Å²) in [5.41, 5.74) is 1.30. The highest BCUT2D eigenvalue weighted by atomic mass is 32.1. The second-order valence-corrected chi connectivity index (χ2v) is 7.11. The predicted molar refractivity (Wildman–Crippen MR) is 100 cm³/mol. The number of carboxylic acids is 2. The van der Waals surface area contributed by atoms with Crippen LogP contribution in [0.15, 0.2) is 29.6 Å². The zero-order chi connectivity index (χ0) is 19.8. The second kappa shape index (κ2) is 10.3. The molecule has 2 atom stereocenters. The van der Waals surface area contributed by atoms with Crippen molar-refractivity contribution in [3.63, 3.8) is 0 Å². The molecule has 0 saturated carbocycles. The quantitative estimate of drug-likeness (QED) is 0.413. The Balaban J connectivity index is 0.000000380. The van der Waals surface area contributed by atoms with E-state index in [1.54, 1.807) is 11.3 Å². The molecular formula is C18H23NO7S.